The number of methoxy groups -OCH3 is 1. The van der Waals surface area contributed by atoms with Gasteiger partial charge in [-0.15, -0.1) is 0 Å². The summed E-state index contributed by atoms with van der Waals surface area (Å²) in [6.45, 7) is 2.56. The smallest absolute Gasteiger partial charge is 0.223 e. The van der Waals surface area contributed by atoms with Crippen LogP contribution >= 0.6 is 0 Å². The van der Waals surface area contributed by atoms with Crippen LogP contribution in [0, 0.1) is 6.92 Å². The van der Waals surface area contributed by atoms with Crippen LogP contribution in [0.15, 0.2) is 63.9 Å². The van der Waals surface area contributed by atoms with Crippen LogP contribution < -0.4 is 10.1 Å². The molecule has 0 radical (unpaired) electrons. The van der Waals surface area contributed by atoms with E-state index in [4.69, 9.17) is 13.7 Å². The molecule has 0 saturated carbocycles. The van der Waals surface area contributed by atoms with Gasteiger partial charge in [0.1, 0.15) is 11.4 Å². The van der Waals surface area contributed by atoms with Gasteiger partial charge in [0.05, 0.1) is 24.6 Å². The van der Waals surface area contributed by atoms with E-state index in [9.17, 15) is 0 Å². The maximum absolute atomic E-state index is 5.55. The van der Waals surface area contributed by atoms with Crippen LogP contribution in [-0.4, -0.2) is 28.8 Å². The van der Waals surface area contributed by atoms with Crippen LogP contribution in [0.25, 0.3) is 22.8 Å². The molecule has 0 atom stereocenters. The number of anilines is 1. The minimum atomic E-state index is 0.522. The summed E-state index contributed by atoms with van der Waals surface area (Å²) >= 11 is 0. The number of hydrogen-bond donors (Lipinski definition) is 1. The zero-order valence-corrected chi connectivity index (χ0v) is 15.7. The molecule has 1 N–H and O–H groups in total. The summed E-state index contributed by atoms with van der Waals surface area (Å²) in [4.78, 5) is 9.06. The quantitative estimate of drug-likeness (QED) is 0.513. The normalized spacial score (nSPS) is 10.8. The Morgan fingerprint density at radius 2 is 2.04 bits per heavy atom. The van der Waals surface area contributed by atoms with Crippen molar-refractivity contribution in [3.63, 3.8) is 0 Å². The summed E-state index contributed by atoms with van der Waals surface area (Å²) in [6.07, 6.45) is 4.15. The highest BCUT2D eigenvalue weighted by Gasteiger charge is 2.17. The molecule has 28 heavy (non-hydrogen) atoms. The van der Waals surface area contributed by atoms with Crippen molar-refractivity contribution in [1.29, 1.82) is 0 Å². The van der Waals surface area contributed by atoms with E-state index in [1.54, 1.807) is 19.6 Å². The maximum atomic E-state index is 5.55. The van der Waals surface area contributed by atoms with Gasteiger partial charge in [0.25, 0.3) is 0 Å². The lowest BCUT2D eigenvalue weighted by molar-refractivity contribution is 0.414. The molecule has 1 aromatic carbocycles. The van der Waals surface area contributed by atoms with Gasteiger partial charge in [-0.1, -0.05) is 17.3 Å². The molecule has 7 nitrogen and oxygen atoms in total. The van der Waals surface area contributed by atoms with Gasteiger partial charge in [-0.3, -0.25) is 0 Å². The standard InChI is InChI=1S/C21H20N4O3/c1-14-11-19(28-25-14)17-13-23-21(24-20(17)18-7-4-10-27-18)22-9-8-15-5-3-6-16(12-15)26-2/h3-7,10-13H,8-9H2,1-2H3,(H,22,23,24). The first-order valence-electron chi connectivity index (χ1n) is 8.94. The van der Waals surface area contributed by atoms with E-state index >= 15 is 0 Å². The minimum Gasteiger partial charge on any atom is -0.497 e. The second-order valence-electron chi connectivity index (χ2n) is 6.29. The molecule has 4 aromatic rings. The summed E-state index contributed by atoms with van der Waals surface area (Å²) < 4.78 is 16.2. The van der Waals surface area contributed by atoms with Crippen molar-refractivity contribution in [3.05, 3.63) is 66.2 Å². The molecular weight excluding hydrogens is 356 g/mol. The fourth-order valence-corrected chi connectivity index (χ4v) is 2.89. The van der Waals surface area contributed by atoms with Crippen LogP contribution in [0.1, 0.15) is 11.3 Å². The van der Waals surface area contributed by atoms with E-state index in [1.807, 2.05) is 43.3 Å². The van der Waals surface area contributed by atoms with Crippen molar-refractivity contribution in [2.75, 3.05) is 19.0 Å². The van der Waals surface area contributed by atoms with Gasteiger partial charge in [0.2, 0.25) is 5.95 Å². The Balaban J connectivity index is 1.54. The molecule has 0 aliphatic carbocycles. The third kappa shape index (κ3) is 3.88. The van der Waals surface area contributed by atoms with E-state index in [0.29, 0.717) is 29.7 Å². The van der Waals surface area contributed by atoms with Crippen LogP contribution in [0.4, 0.5) is 5.95 Å². The Morgan fingerprint density at radius 3 is 2.79 bits per heavy atom. The highest BCUT2D eigenvalue weighted by atomic mass is 16.5. The number of nitrogens with one attached hydrogen (secondary N) is 1. The summed E-state index contributed by atoms with van der Waals surface area (Å²) in [5.74, 6) is 2.61. The third-order valence-electron chi connectivity index (χ3n) is 4.27. The molecule has 0 fully saturated rings. The van der Waals surface area contributed by atoms with Crippen molar-refractivity contribution in [2.45, 2.75) is 13.3 Å². The number of aryl methyl sites for hydroxylation is 1. The van der Waals surface area contributed by atoms with Crippen LogP contribution in [0.5, 0.6) is 5.75 Å². The first kappa shape index (κ1) is 17.8. The van der Waals surface area contributed by atoms with Gasteiger partial charge in [0, 0.05) is 18.8 Å². The molecule has 0 bridgehead atoms. The molecule has 3 aromatic heterocycles. The molecule has 7 heteroatoms. The first-order valence-corrected chi connectivity index (χ1v) is 8.94. The fraction of sp³-hybridized carbons (Fsp3) is 0.190. The average Bonchev–Trinajstić information content (AvgIpc) is 3.40. The number of aromatic nitrogens is 3. The summed E-state index contributed by atoms with van der Waals surface area (Å²) in [5, 5.41) is 7.21. The second kappa shape index (κ2) is 7.96. The van der Waals surface area contributed by atoms with Crippen molar-refractivity contribution in [2.24, 2.45) is 0 Å². The predicted molar refractivity (Wildman–Crippen MR) is 105 cm³/mol. The van der Waals surface area contributed by atoms with Crippen LogP contribution in [-0.2, 0) is 6.42 Å². The number of ether oxygens (including phenoxy) is 1. The predicted octanol–water partition coefficient (Wildman–Crippen LogP) is 4.36. The number of rotatable bonds is 7. The molecule has 0 spiro atoms. The van der Waals surface area contributed by atoms with Gasteiger partial charge in [-0.25, -0.2) is 9.97 Å². The Hall–Kier alpha value is -3.61. The van der Waals surface area contributed by atoms with Gasteiger partial charge >= 0.3 is 0 Å². The largest absolute Gasteiger partial charge is 0.497 e. The lowest BCUT2D eigenvalue weighted by Gasteiger charge is -2.09. The van der Waals surface area contributed by atoms with Crippen molar-refractivity contribution in [3.8, 4) is 28.5 Å². The molecule has 4 rings (SSSR count). The van der Waals surface area contributed by atoms with Crippen molar-refractivity contribution >= 4 is 5.95 Å². The maximum Gasteiger partial charge on any atom is 0.223 e. The lowest BCUT2D eigenvalue weighted by atomic mass is 10.1. The zero-order valence-electron chi connectivity index (χ0n) is 15.7. The monoisotopic (exact) mass is 376 g/mol. The van der Waals surface area contributed by atoms with E-state index in [0.717, 1.165) is 23.4 Å². The highest BCUT2D eigenvalue weighted by Crippen LogP contribution is 2.31. The average molecular weight is 376 g/mol. The molecule has 0 aliphatic heterocycles. The fourth-order valence-electron chi connectivity index (χ4n) is 2.89. The Bertz CT molecular complexity index is 1060. The number of furan rings is 1. The SMILES string of the molecule is COc1cccc(CCNc2ncc(-c3cc(C)no3)c(-c3ccco3)n2)c1. The number of hydrogen-bond acceptors (Lipinski definition) is 7. The zero-order chi connectivity index (χ0) is 19.3. The van der Waals surface area contributed by atoms with Gasteiger partial charge < -0.3 is 19.0 Å². The Labute approximate surface area is 162 Å². The first-order chi connectivity index (χ1) is 13.7. The minimum absolute atomic E-state index is 0.522. The van der Waals surface area contributed by atoms with E-state index in [-0.39, 0.29) is 0 Å². The molecule has 0 saturated heterocycles. The molecular formula is C21H20N4O3. The highest BCUT2D eigenvalue weighted by molar-refractivity contribution is 5.75. The summed E-state index contributed by atoms with van der Waals surface area (Å²) in [6, 6.07) is 13.5. The number of benzene rings is 1. The van der Waals surface area contributed by atoms with Crippen LogP contribution in [0.3, 0.4) is 0 Å². The molecule has 0 amide bonds. The molecule has 3 heterocycles. The summed E-state index contributed by atoms with van der Waals surface area (Å²) in [5.41, 5.74) is 3.35. The van der Waals surface area contributed by atoms with Crippen LogP contribution in [0.2, 0.25) is 0 Å². The molecule has 0 unspecified atom stereocenters. The van der Waals surface area contributed by atoms with E-state index in [2.05, 4.69) is 26.5 Å². The Morgan fingerprint density at radius 1 is 1.11 bits per heavy atom. The van der Waals surface area contributed by atoms with Crippen molar-refractivity contribution in [1.82, 2.24) is 15.1 Å². The van der Waals surface area contributed by atoms with Gasteiger partial charge in [0.15, 0.2) is 11.5 Å². The third-order valence-corrected chi connectivity index (χ3v) is 4.27. The lowest BCUT2D eigenvalue weighted by Crippen LogP contribution is -2.08. The Kier molecular flexibility index (Phi) is 5.05. The van der Waals surface area contributed by atoms with E-state index < -0.39 is 0 Å². The number of nitrogens with zero attached hydrogens (tertiary/aromatic N) is 3. The topological polar surface area (TPSA) is 86.2 Å². The van der Waals surface area contributed by atoms with E-state index in [1.165, 1.54) is 5.56 Å². The van der Waals surface area contributed by atoms with Crippen molar-refractivity contribution < 1.29 is 13.7 Å². The van der Waals surface area contributed by atoms with Gasteiger partial charge in [-0.2, -0.15) is 0 Å². The molecule has 142 valence electrons. The van der Waals surface area contributed by atoms with Gasteiger partial charge in [-0.05, 0) is 43.2 Å². The summed E-state index contributed by atoms with van der Waals surface area (Å²) in [7, 11) is 1.67. The second-order valence-corrected chi connectivity index (χ2v) is 6.29. The molecule has 0 aliphatic rings.